The molecule has 110 valence electrons. The molecule has 0 bridgehead atoms. The highest BCUT2D eigenvalue weighted by atomic mass is 16.5. The summed E-state index contributed by atoms with van der Waals surface area (Å²) in [5.74, 6) is 0.826. The highest BCUT2D eigenvalue weighted by Gasteiger charge is 2.05. The summed E-state index contributed by atoms with van der Waals surface area (Å²) >= 11 is 0. The Hall–Kier alpha value is -2.56. The molecule has 21 heavy (non-hydrogen) atoms. The molecule has 0 saturated heterocycles. The Balaban J connectivity index is 2.34. The third-order valence-electron chi connectivity index (χ3n) is 3.18. The van der Waals surface area contributed by atoms with Gasteiger partial charge in [-0.15, -0.1) is 0 Å². The highest BCUT2D eigenvalue weighted by molar-refractivity contribution is 6.03. The predicted octanol–water partition coefficient (Wildman–Crippen LogP) is 3.32. The predicted molar refractivity (Wildman–Crippen MR) is 82.9 cm³/mol. The number of ether oxygens (including phenoxy) is 2. The molecule has 0 aliphatic heterocycles. The van der Waals surface area contributed by atoms with E-state index in [1.165, 1.54) is 7.11 Å². The second-order valence-corrected chi connectivity index (χ2v) is 4.44. The number of rotatable bonds is 4. The van der Waals surface area contributed by atoms with Crippen LogP contribution in [0.4, 0.5) is 4.79 Å². The van der Waals surface area contributed by atoms with Crippen molar-refractivity contribution in [1.29, 1.82) is 0 Å². The number of hydrogen-bond acceptors (Lipinski definition) is 4. The van der Waals surface area contributed by atoms with Crippen molar-refractivity contribution in [2.24, 2.45) is 5.10 Å². The van der Waals surface area contributed by atoms with E-state index in [0.717, 1.165) is 27.8 Å². The van der Waals surface area contributed by atoms with Gasteiger partial charge in [0.25, 0.3) is 0 Å². The third-order valence-corrected chi connectivity index (χ3v) is 3.18. The Bertz CT molecular complexity index is 680. The largest absolute Gasteiger partial charge is 0.497 e. The number of nitrogens with one attached hydrogen (secondary N) is 1. The summed E-state index contributed by atoms with van der Waals surface area (Å²) in [7, 11) is 2.95. The number of nitrogens with zero attached hydrogens (tertiary/aromatic N) is 1. The van der Waals surface area contributed by atoms with Gasteiger partial charge in [-0.1, -0.05) is 25.1 Å². The lowest BCUT2D eigenvalue weighted by atomic mass is 10.0. The molecule has 0 aliphatic rings. The fourth-order valence-corrected chi connectivity index (χ4v) is 2.04. The smallest absolute Gasteiger partial charge is 0.427 e. The zero-order valence-electron chi connectivity index (χ0n) is 12.3. The molecular weight excluding hydrogens is 268 g/mol. The number of carbonyl (C=O) groups excluding carboxylic acids is 1. The zero-order valence-corrected chi connectivity index (χ0v) is 12.3. The van der Waals surface area contributed by atoms with Gasteiger partial charge in [-0.2, -0.15) is 5.10 Å². The van der Waals surface area contributed by atoms with Crippen molar-refractivity contribution in [2.45, 2.75) is 13.3 Å². The molecule has 0 heterocycles. The Morgan fingerprint density at radius 2 is 1.86 bits per heavy atom. The normalized spacial score (nSPS) is 11.3. The molecule has 0 aliphatic carbocycles. The van der Waals surface area contributed by atoms with Crippen molar-refractivity contribution in [1.82, 2.24) is 5.43 Å². The lowest BCUT2D eigenvalue weighted by Crippen LogP contribution is -2.19. The Labute approximate surface area is 123 Å². The maximum atomic E-state index is 11.1. The summed E-state index contributed by atoms with van der Waals surface area (Å²) in [6.45, 7) is 1.98. The van der Waals surface area contributed by atoms with Gasteiger partial charge < -0.3 is 9.47 Å². The first kappa shape index (κ1) is 14.8. The summed E-state index contributed by atoms with van der Waals surface area (Å²) in [6, 6.07) is 11.9. The van der Waals surface area contributed by atoms with Crippen molar-refractivity contribution < 1.29 is 14.3 Å². The van der Waals surface area contributed by atoms with Crippen LogP contribution in [0.15, 0.2) is 41.5 Å². The lowest BCUT2D eigenvalue weighted by Gasteiger charge is -2.07. The molecule has 5 nitrogen and oxygen atoms in total. The van der Waals surface area contributed by atoms with Crippen LogP contribution in [-0.2, 0) is 4.74 Å². The van der Waals surface area contributed by atoms with E-state index in [2.05, 4.69) is 15.3 Å². The molecule has 0 saturated carbocycles. The van der Waals surface area contributed by atoms with Crippen molar-refractivity contribution in [3.05, 3.63) is 42.0 Å². The number of hydrazone groups is 1. The van der Waals surface area contributed by atoms with Gasteiger partial charge in [-0.25, -0.2) is 10.2 Å². The molecule has 0 unspecified atom stereocenters. The zero-order chi connectivity index (χ0) is 15.2. The van der Waals surface area contributed by atoms with E-state index < -0.39 is 6.09 Å². The summed E-state index contributed by atoms with van der Waals surface area (Å²) < 4.78 is 9.72. The second-order valence-electron chi connectivity index (χ2n) is 4.44. The van der Waals surface area contributed by atoms with Gasteiger partial charge in [0.05, 0.1) is 19.9 Å². The molecule has 1 N–H and O–H groups in total. The van der Waals surface area contributed by atoms with E-state index in [1.807, 2.05) is 43.3 Å². The maximum Gasteiger partial charge on any atom is 0.427 e. The van der Waals surface area contributed by atoms with Gasteiger partial charge in [-0.3, -0.25) is 0 Å². The topological polar surface area (TPSA) is 59.9 Å². The molecule has 2 aromatic rings. The fourth-order valence-electron chi connectivity index (χ4n) is 2.04. The van der Waals surface area contributed by atoms with Gasteiger partial charge in [0.15, 0.2) is 0 Å². The Morgan fingerprint density at radius 1 is 1.14 bits per heavy atom. The summed E-state index contributed by atoms with van der Waals surface area (Å²) in [5.41, 5.74) is 4.11. The minimum absolute atomic E-state index is 0.577. The quantitative estimate of drug-likeness (QED) is 0.693. The first-order chi connectivity index (χ1) is 10.2. The molecule has 2 rings (SSSR count). The maximum absolute atomic E-state index is 11.1. The average Bonchev–Trinajstić information content (AvgIpc) is 2.54. The number of benzene rings is 2. The fraction of sp³-hybridized carbons (Fsp3) is 0.250. The first-order valence-corrected chi connectivity index (χ1v) is 6.66. The van der Waals surface area contributed by atoms with Crippen LogP contribution in [0.1, 0.15) is 18.9 Å². The van der Waals surface area contributed by atoms with Gasteiger partial charge in [-0.05, 0) is 41.0 Å². The van der Waals surface area contributed by atoms with Crippen LogP contribution in [0.2, 0.25) is 0 Å². The Kier molecular flexibility index (Phi) is 4.77. The number of fused-ring (bicyclic) bond motifs is 1. The minimum Gasteiger partial charge on any atom is -0.497 e. The van der Waals surface area contributed by atoms with Gasteiger partial charge >= 0.3 is 6.09 Å². The summed E-state index contributed by atoms with van der Waals surface area (Å²) in [6.07, 6.45) is 0.123. The molecule has 0 radical (unpaired) electrons. The SMILES string of the molecule is CC/C(=N/NC(=O)OC)c1ccc2cc(OC)ccc2c1. The van der Waals surface area contributed by atoms with Crippen LogP contribution < -0.4 is 10.2 Å². The van der Waals surface area contributed by atoms with Crippen LogP contribution in [-0.4, -0.2) is 26.0 Å². The van der Waals surface area contributed by atoms with Crippen molar-refractivity contribution in [3.8, 4) is 5.75 Å². The summed E-state index contributed by atoms with van der Waals surface area (Å²) in [5, 5.41) is 6.27. The third kappa shape index (κ3) is 3.51. The molecule has 5 heteroatoms. The number of amides is 1. The van der Waals surface area contributed by atoms with Crippen molar-refractivity contribution >= 4 is 22.6 Å². The average molecular weight is 286 g/mol. The van der Waals surface area contributed by atoms with Crippen molar-refractivity contribution in [3.63, 3.8) is 0 Å². The molecule has 0 fully saturated rings. The molecule has 0 atom stereocenters. The highest BCUT2D eigenvalue weighted by Crippen LogP contribution is 2.22. The van der Waals surface area contributed by atoms with Gasteiger partial charge in [0.2, 0.25) is 0 Å². The lowest BCUT2D eigenvalue weighted by molar-refractivity contribution is 0.171. The van der Waals surface area contributed by atoms with Gasteiger partial charge in [0.1, 0.15) is 5.75 Å². The molecular formula is C16H18N2O3. The number of hydrogen-bond donors (Lipinski definition) is 1. The van der Waals surface area contributed by atoms with E-state index in [9.17, 15) is 4.79 Å². The van der Waals surface area contributed by atoms with Crippen LogP contribution in [0.5, 0.6) is 5.75 Å². The number of methoxy groups -OCH3 is 2. The van der Waals surface area contributed by atoms with E-state index >= 15 is 0 Å². The number of carbonyl (C=O) groups is 1. The first-order valence-electron chi connectivity index (χ1n) is 6.66. The van der Waals surface area contributed by atoms with E-state index in [4.69, 9.17) is 4.74 Å². The van der Waals surface area contributed by atoms with Gasteiger partial charge in [0, 0.05) is 0 Å². The van der Waals surface area contributed by atoms with Crippen LogP contribution in [0, 0.1) is 0 Å². The molecule has 0 aromatic heterocycles. The van der Waals surface area contributed by atoms with Crippen LogP contribution in [0.25, 0.3) is 10.8 Å². The monoisotopic (exact) mass is 286 g/mol. The van der Waals surface area contributed by atoms with Crippen LogP contribution in [0.3, 0.4) is 0 Å². The van der Waals surface area contributed by atoms with E-state index in [-0.39, 0.29) is 0 Å². The second kappa shape index (κ2) is 6.74. The molecule has 1 amide bonds. The van der Waals surface area contributed by atoms with Crippen molar-refractivity contribution in [2.75, 3.05) is 14.2 Å². The summed E-state index contributed by atoms with van der Waals surface area (Å²) in [4.78, 5) is 11.1. The molecule has 0 spiro atoms. The van der Waals surface area contributed by atoms with E-state index in [0.29, 0.717) is 6.42 Å². The van der Waals surface area contributed by atoms with E-state index in [1.54, 1.807) is 7.11 Å². The molecule has 2 aromatic carbocycles. The van der Waals surface area contributed by atoms with Crippen LogP contribution >= 0.6 is 0 Å². The standard InChI is InChI=1S/C16H18N2O3/c1-4-15(17-18-16(19)21-3)13-6-5-12-10-14(20-2)8-7-11(12)9-13/h5-10H,4H2,1-3H3,(H,18,19)/b17-15-. The minimum atomic E-state index is -0.577. The Morgan fingerprint density at radius 3 is 2.52 bits per heavy atom.